The van der Waals surface area contributed by atoms with E-state index in [1.807, 2.05) is 31.2 Å². The molecule has 0 fully saturated rings. The fraction of sp³-hybridized carbons (Fsp3) is 0.286. The quantitative estimate of drug-likeness (QED) is 0.405. The molecule has 1 N–H and O–H groups in total. The second-order valence-electron chi connectivity index (χ2n) is 8.54. The van der Waals surface area contributed by atoms with E-state index < -0.39 is 34.3 Å². The number of hydrogen-bond donors (Lipinski definition) is 1. The number of rotatable bonds is 11. The number of halogens is 1. The number of likely N-dealkylation sites (N-methyl/N-ethyl adjacent to an activating group) is 1. The Hall–Kier alpha value is -3.72. The number of nitrogens with zero attached hydrogens (tertiary/aromatic N) is 2. The zero-order valence-corrected chi connectivity index (χ0v) is 22.0. The number of amides is 2. The van der Waals surface area contributed by atoms with Gasteiger partial charge in [-0.05, 0) is 55.7 Å². The van der Waals surface area contributed by atoms with Crippen molar-refractivity contribution in [1.82, 2.24) is 10.2 Å². The van der Waals surface area contributed by atoms with Crippen LogP contribution in [-0.4, -0.2) is 44.3 Å². The molecule has 3 aromatic rings. The summed E-state index contributed by atoms with van der Waals surface area (Å²) in [6.45, 7) is 5.26. The van der Waals surface area contributed by atoms with Gasteiger partial charge in [0.05, 0.1) is 10.6 Å². The lowest BCUT2D eigenvalue weighted by atomic mass is 10.1. The van der Waals surface area contributed by atoms with Gasteiger partial charge in [0.2, 0.25) is 11.8 Å². The van der Waals surface area contributed by atoms with Crippen molar-refractivity contribution in [2.45, 2.75) is 44.7 Å². The highest BCUT2D eigenvalue weighted by molar-refractivity contribution is 7.92. The van der Waals surface area contributed by atoms with Crippen molar-refractivity contribution < 1.29 is 22.4 Å². The molecule has 0 unspecified atom stereocenters. The monoisotopic (exact) mass is 525 g/mol. The van der Waals surface area contributed by atoms with Gasteiger partial charge >= 0.3 is 0 Å². The van der Waals surface area contributed by atoms with E-state index in [0.29, 0.717) is 13.0 Å². The predicted octanol–water partition coefficient (Wildman–Crippen LogP) is 4.27. The van der Waals surface area contributed by atoms with E-state index in [-0.39, 0.29) is 23.0 Å². The highest BCUT2D eigenvalue weighted by Gasteiger charge is 2.34. The van der Waals surface area contributed by atoms with Gasteiger partial charge in [-0.3, -0.25) is 13.9 Å². The van der Waals surface area contributed by atoms with Gasteiger partial charge < -0.3 is 10.2 Å². The minimum absolute atomic E-state index is 0.0766. The largest absolute Gasteiger partial charge is 0.355 e. The predicted molar refractivity (Wildman–Crippen MR) is 142 cm³/mol. The van der Waals surface area contributed by atoms with E-state index in [1.165, 1.54) is 35.2 Å². The molecular weight excluding hydrogens is 493 g/mol. The zero-order valence-electron chi connectivity index (χ0n) is 21.2. The van der Waals surface area contributed by atoms with Crippen molar-refractivity contribution >= 4 is 27.5 Å². The lowest BCUT2D eigenvalue weighted by Crippen LogP contribution is -2.52. The standard InChI is InChI=1S/C28H32FN3O4S/c1-4-25(28(34)30-5-2)31(19-22-14-10-9-13-21(22)3)27(33)20-32(26-18-12-11-17-24(26)29)37(35,36)23-15-7-6-8-16-23/h6-18,25H,4-5,19-20H2,1-3H3,(H,30,34)/t25-/m0/s1. The number of sulfonamides is 1. The third kappa shape index (κ3) is 6.54. The van der Waals surface area contributed by atoms with Gasteiger partial charge in [-0.2, -0.15) is 0 Å². The molecule has 0 aliphatic rings. The molecule has 2 amide bonds. The van der Waals surface area contributed by atoms with Gasteiger partial charge in [-0.1, -0.05) is 61.5 Å². The van der Waals surface area contributed by atoms with Crippen molar-refractivity contribution in [3.63, 3.8) is 0 Å². The molecule has 0 saturated heterocycles. The number of anilines is 1. The number of benzene rings is 3. The summed E-state index contributed by atoms with van der Waals surface area (Å²) in [5.74, 6) is -1.74. The Morgan fingerprint density at radius 1 is 0.919 bits per heavy atom. The van der Waals surface area contributed by atoms with E-state index in [2.05, 4.69) is 5.32 Å². The number of aryl methyl sites for hydroxylation is 1. The Balaban J connectivity index is 2.07. The summed E-state index contributed by atoms with van der Waals surface area (Å²) in [7, 11) is -4.30. The van der Waals surface area contributed by atoms with Crippen molar-refractivity contribution in [3.8, 4) is 0 Å². The molecule has 0 heterocycles. The Morgan fingerprint density at radius 2 is 1.54 bits per heavy atom. The zero-order chi connectivity index (χ0) is 27.0. The highest BCUT2D eigenvalue weighted by atomic mass is 32.2. The molecule has 0 aromatic heterocycles. The summed E-state index contributed by atoms with van der Waals surface area (Å²) in [5.41, 5.74) is 1.50. The minimum atomic E-state index is -4.30. The summed E-state index contributed by atoms with van der Waals surface area (Å²) < 4.78 is 42.9. The van der Waals surface area contributed by atoms with E-state index in [0.717, 1.165) is 21.5 Å². The first kappa shape index (κ1) is 27.9. The molecule has 0 saturated carbocycles. The third-order valence-corrected chi connectivity index (χ3v) is 7.84. The first-order chi connectivity index (χ1) is 17.7. The molecule has 0 bridgehead atoms. The second-order valence-corrected chi connectivity index (χ2v) is 10.4. The maximum atomic E-state index is 14.9. The molecule has 9 heteroatoms. The molecule has 0 spiro atoms. The van der Waals surface area contributed by atoms with Crippen LogP contribution in [0.1, 0.15) is 31.4 Å². The lowest BCUT2D eigenvalue weighted by Gasteiger charge is -2.33. The first-order valence-corrected chi connectivity index (χ1v) is 13.6. The Bertz CT molecular complexity index is 1330. The summed E-state index contributed by atoms with van der Waals surface area (Å²) in [6, 6.07) is 19.6. The first-order valence-electron chi connectivity index (χ1n) is 12.1. The number of carbonyl (C=O) groups excluding carboxylic acids is 2. The maximum absolute atomic E-state index is 14.9. The molecule has 7 nitrogen and oxygen atoms in total. The minimum Gasteiger partial charge on any atom is -0.355 e. The Labute approximate surface area is 218 Å². The van der Waals surface area contributed by atoms with Crippen LogP contribution in [0.25, 0.3) is 0 Å². The van der Waals surface area contributed by atoms with Crippen molar-refractivity contribution in [2.75, 3.05) is 17.4 Å². The van der Waals surface area contributed by atoms with Crippen LogP contribution in [0.4, 0.5) is 10.1 Å². The van der Waals surface area contributed by atoms with Crippen LogP contribution < -0.4 is 9.62 Å². The Kier molecular flexibility index (Phi) is 9.41. The SMILES string of the molecule is CCNC(=O)[C@H](CC)N(Cc1ccccc1C)C(=O)CN(c1ccccc1F)S(=O)(=O)c1ccccc1. The van der Waals surface area contributed by atoms with E-state index in [9.17, 15) is 22.4 Å². The van der Waals surface area contributed by atoms with Crippen LogP contribution in [0.2, 0.25) is 0 Å². The van der Waals surface area contributed by atoms with Gasteiger partial charge in [0.15, 0.2) is 0 Å². The van der Waals surface area contributed by atoms with Gasteiger partial charge in [0.25, 0.3) is 10.0 Å². The molecular formula is C28H32FN3O4S. The Morgan fingerprint density at radius 3 is 2.16 bits per heavy atom. The van der Waals surface area contributed by atoms with E-state index >= 15 is 0 Å². The molecule has 0 aliphatic heterocycles. The highest BCUT2D eigenvalue weighted by Crippen LogP contribution is 2.27. The van der Waals surface area contributed by atoms with Gasteiger partial charge in [0.1, 0.15) is 18.4 Å². The molecule has 3 rings (SSSR count). The van der Waals surface area contributed by atoms with Crippen LogP contribution in [0.15, 0.2) is 83.8 Å². The van der Waals surface area contributed by atoms with Crippen LogP contribution >= 0.6 is 0 Å². The lowest BCUT2D eigenvalue weighted by molar-refractivity contribution is -0.140. The molecule has 37 heavy (non-hydrogen) atoms. The van der Waals surface area contributed by atoms with Crippen LogP contribution in [0.3, 0.4) is 0 Å². The average molecular weight is 526 g/mol. The topological polar surface area (TPSA) is 86.8 Å². The van der Waals surface area contributed by atoms with Gasteiger partial charge in [0, 0.05) is 13.1 Å². The third-order valence-electron chi connectivity index (χ3n) is 6.07. The maximum Gasteiger partial charge on any atom is 0.264 e. The number of nitrogens with one attached hydrogen (secondary N) is 1. The normalized spacial score (nSPS) is 12.0. The summed E-state index contributed by atoms with van der Waals surface area (Å²) >= 11 is 0. The number of carbonyl (C=O) groups is 2. The van der Waals surface area contributed by atoms with E-state index in [4.69, 9.17) is 0 Å². The van der Waals surface area contributed by atoms with Gasteiger partial charge in [-0.15, -0.1) is 0 Å². The molecule has 1 atom stereocenters. The molecule has 0 radical (unpaired) electrons. The van der Waals surface area contributed by atoms with Crippen LogP contribution in [0, 0.1) is 12.7 Å². The fourth-order valence-corrected chi connectivity index (χ4v) is 5.51. The van der Waals surface area contributed by atoms with Crippen LogP contribution in [-0.2, 0) is 26.2 Å². The molecule has 196 valence electrons. The molecule has 0 aliphatic carbocycles. The van der Waals surface area contributed by atoms with E-state index in [1.54, 1.807) is 32.0 Å². The summed E-state index contributed by atoms with van der Waals surface area (Å²) in [6.07, 6.45) is 0.314. The molecule has 3 aromatic carbocycles. The smallest absolute Gasteiger partial charge is 0.264 e. The van der Waals surface area contributed by atoms with Crippen molar-refractivity contribution in [3.05, 3.63) is 95.8 Å². The van der Waals surface area contributed by atoms with Crippen molar-refractivity contribution in [1.29, 1.82) is 0 Å². The number of para-hydroxylation sites is 1. The van der Waals surface area contributed by atoms with Crippen LogP contribution in [0.5, 0.6) is 0 Å². The average Bonchev–Trinajstić information content (AvgIpc) is 2.89. The van der Waals surface area contributed by atoms with Crippen molar-refractivity contribution in [2.24, 2.45) is 0 Å². The fourth-order valence-electron chi connectivity index (χ4n) is 4.07. The van der Waals surface area contributed by atoms with Gasteiger partial charge in [-0.25, -0.2) is 12.8 Å². The number of hydrogen-bond acceptors (Lipinski definition) is 4. The second kappa shape index (κ2) is 12.5. The summed E-state index contributed by atoms with van der Waals surface area (Å²) in [4.78, 5) is 28.1. The summed E-state index contributed by atoms with van der Waals surface area (Å²) in [5, 5.41) is 2.76.